The van der Waals surface area contributed by atoms with Crippen LogP contribution >= 0.6 is 0 Å². The largest absolute Gasteiger partial charge is 0.508 e. The highest BCUT2D eigenvalue weighted by atomic mass is 16.5. The van der Waals surface area contributed by atoms with Crippen LogP contribution in [0.4, 0.5) is 0 Å². The van der Waals surface area contributed by atoms with Crippen molar-refractivity contribution in [2.24, 2.45) is 5.92 Å². The molecule has 7 N–H and O–H groups in total. The number of carbonyl (C=O) groups excluding carboxylic acids is 1. The van der Waals surface area contributed by atoms with Crippen LogP contribution in [-0.4, -0.2) is 58.8 Å². The first-order chi connectivity index (χ1) is 15.6. The second-order valence-corrected chi connectivity index (χ2v) is 10.0. The number of ketones is 1. The molecule has 2 aromatic rings. The van der Waals surface area contributed by atoms with Crippen molar-refractivity contribution >= 4 is 5.78 Å². The van der Waals surface area contributed by atoms with E-state index in [1.165, 1.54) is 39.8 Å². The van der Waals surface area contributed by atoms with E-state index in [0.29, 0.717) is 0 Å². The molecule has 3 atom stereocenters. The van der Waals surface area contributed by atoms with Crippen LogP contribution in [0.2, 0.25) is 0 Å². The molecule has 0 aromatic heterocycles. The first-order valence-electron chi connectivity index (χ1n) is 11.0. The molecule has 1 aliphatic rings. The third kappa shape index (κ3) is 5.22. The summed E-state index contributed by atoms with van der Waals surface area (Å²) in [7, 11) is 0. The van der Waals surface area contributed by atoms with Crippen molar-refractivity contribution in [1.29, 1.82) is 0 Å². The number of fused-ring (bicyclic) bond motifs is 1. The minimum Gasteiger partial charge on any atom is -0.508 e. The standard InChI is InChI=1S/C25H32O9/c1-24(2,32)12(8-21(31)25(3,4)33)7-15-17(28)10-18(29)22-19(30)11-20(34-23(15)22)14-6-5-13(26)9-16(14)27/h5-6,9-10,12,20-21,26-29,31-33H,7-8,11H2,1-4H3/t12?,20-,21?/m0/s1. The number of rotatable bonds is 7. The van der Waals surface area contributed by atoms with Gasteiger partial charge in [0, 0.05) is 23.3 Å². The Hall–Kier alpha value is -3.01. The van der Waals surface area contributed by atoms with Crippen LogP contribution in [0.1, 0.15) is 68.1 Å². The number of phenolic OH excluding ortho intramolecular Hbond substituents is 4. The molecule has 3 rings (SSSR count). The van der Waals surface area contributed by atoms with E-state index >= 15 is 0 Å². The SMILES string of the molecule is CC(C)(O)C(O)CC(Cc1c(O)cc(O)c2c1O[C@H](c1ccc(O)cc1O)CC2=O)C(C)(C)O. The maximum Gasteiger partial charge on any atom is 0.174 e. The summed E-state index contributed by atoms with van der Waals surface area (Å²) in [6.07, 6.45) is -2.42. The van der Waals surface area contributed by atoms with Gasteiger partial charge in [-0.2, -0.15) is 0 Å². The Bertz CT molecular complexity index is 1080. The molecule has 34 heavy (non-hydrogen) atoms. The number of aliphatic hydroxyl groups excluding tert-OH is 1. The minimum absolute atomic E-state index is 0.0295. The summed E-state index contributed by atoms with van der Waals surface area (Å²) in [4.78, 5) is 12.9. The van der Waals surface area contributed by atoms with Crippen LogP contribution in [0.3, 0.4) is 0 Å². The Morgan fingerprint density at radius 3 is 2.18 bits per heavy atom. The molecule has 0 saturated carbocycles. The summed E-state index contributed by atoms with van der Waals surface area (Å²) in [5, 5.41) is 72.2. The Labute approximate surface area is 197 Å². The molecule has 0 amide bonds. The highest BCUT2D eigenvalue weighted by Crippen LogP contribution is 2.48. The number of hydrogen-bond donors (Lipinski definition) is 7. The van der Waals surface area contributed by atoms with Gasteiger partial charge >= 0.3 is 0 Å². The molecule has 0 aliphatic carbocycles. The highest BCUT2D eigenvalue weighted by molar-refractivity contribution is 6.03. The van der Waals surface area contributed by atoms with E-state index in [1.54, 1.807) is 0 Å². The third-order valence-electron chi connectivity index (χ3n) is 6.38. The van der Waals surface area contributed by atoms with Gasteiger partial charge in [0.15, 0.2) is 5.78 Å². The fourth-order valence-electron chi connectivity index (χ4n) is 4.13. The maximum absolute atomic E-state index is 12.9. The normalized spacial score (nSPS) is 18.2. The molecule has 0 radical (unpaired) electrons. The number of phenols is 4. The molecular formula is C25H32O9. The summed E-state index contributed by atoms with van der Waals surface area (Å²) in [5.41, 5.74) is -2.54. The third-order valence-corrected chi connectivity index (χ3v) is 6.38. The first kappa shape index (κ1) is 25.6. The van der Waals surface area contributed by atoms with E-state index in [-0.39, 0.29) is 59.0 Å². The van der Waals surface area contributed by atoms with E-state index in [9.17, 15) is 40.5 Å². The minimum atomic E-state index is -1.44. The smallest absolute Gasteiger partial charge is 0.174 e. The summed E-state index contributed by atoms with van der Waals surface area (Å²) in [5.74, 6) is -2.53. The molecule has 0 saturated heterocycles. The number of hydrogen-bond acceptors (Lipinski definition) is 9. The fraction of sp³-hybridized carbons (Fsp3) is 0.480. The van der Waals surface area contributed by atoms with Gasteiger partial charge in [0.25, 0.3) is 0 Å². The molecule has 0 fully saturated rings. The molecule has 1 heterocycles. The topological polar surface area (TPSA) is 168 Å². The van der Waals surface area contributed by atoms with Gasteiger partial charge in [-0.05, 0) is 58.6 Å². The number of aromatic hydroxyl groups is 4. The average Bonchev–Trinajstić information content (AvgIpc) is 2.67. The van der Waals surface area contributed by atoms with Crippen molar-refractivity contribution in [1.82, 2.24) is 0 Å². The average molecular weight is 477 g/mol. The van der Waals surface area contributed by atoms with E-state index in [1.807, 2.05) is 0 Å². The predicted molar refractivity (Wildman–Crippen MR) is 122 cm³/mol. The summed E-state index contributed by atoms with van der Waals surface area (Å²) >= 11 is 0. The second-order valence-electron chi connectivity index (χ2n) is 10.0. The quantitative estimate of drug-likeness (QED) is 0.318. The summed E-state index contributed by atoms with van der Waals surface area (Å²) in [6.45, 7) is 5.94. The zero-order chi connectivity index (χ0) is 25.6. The van der Waals surface area contributed by atoms with Crippen molar-refractivity contribution in [3.8, 4) is 28.7 Å². The molecule has 9 heteroatoms. The zero-order valence-corrected chi connectivity index (χ0v) is 19.6. The lowest BCUT2D eigenvalue weighted by Gasteiger charge is -2.36. The molecule has 0 bridgehead atoms. The molecule has 2 aromatic carbocycles. The van der Waals surface area contributed by atoms with Gasteiger partial charge in [-0.15, -0.1) is 0 Å². The van der Waals surface area contributed by atoms with Crippen LogP contribution in [0.5, 0.6) is 28.7 Å². The maximum atomic E-state index is 12.9. The molecule has 2 unspecified atom stereocenters. The van der Waals surface area contributed by atoms with Gasteiger partial charge in [-0.1, -0.05) is 0 Å². The number of Topliss-reactive ketones (excluding diaryl/α,β-unsaturated/α-hetero) is 1. The van der Waals surface area contributed by atoms with E-state index in [2.05, 4.69) is 0 Å². The highest BCUT2D eigenvalue weighted by Gasteiger charge is 2.39. The van der Waals surface area contributed by atoms with E-state index in [0.717, 1.165) is 12.1 Å². The second kappa shape index (κ2) is 8.98. The van der Waals surface area contributed by atoms with Gasteiger partial charge < -0.3 is 40.5 Å². The van der Waals surface area contributed by atoms with E-state index < -0.39 is 40.9 Å². The van der Waals surface area contributed by atoms with Gasteiger partial charge in [0.2, 0.25) is 0 Å². The Balaban J connectivity index is 2.06. The number of ether oxygens (including phenoxy) is 1. The molecular weight excluding hydrogens is 444 g/mol. The predicted octanol–water partition coefficient (Wildman–Crippen LogP) is 2.67. The molecule has 0 spiro atoms. The van der Waals surface area contributed by atoms with Crippen LogP contribution in [0.25, 0.3) is 0 Å². The van der Waals surface area contributed by atoms with Crippen molar-refractivity contribution in [2.75, 3.05) is 0 Å². The first-order valence-corrected chi connectivity index (χ1v) is 11.0. The molecule has 1 aliphatic heterocycles. The lowest BCUT2D eigenvalue weighted by atomic mass is 9.78. The Kier molecular flexibility index (Phi) is 6.76. The van der Waals surface area contributed by atoms with Crippen molar-refractivity contribution in [2.45, 2.75) is 70.4 Å². The fourth-order valence-corrected chi connectivity index (χ4v) is 4.13. The molecule has 186 valence electrons. The van der Waals surface area contributed by atoms with Gasteiger partial charge in [0.05, 0.1) is 23.7 Å². The van der Waals surface area contributed by atoms with Gasteiger partial charge in [0.1, 0.15) is 40.4 Å². The van der Waals surface area contributed by atoms with Crippen LogP contribution in [-0.2, 0) is 6.42 Å². The van der Waals surface area contributed by atoms with Crippen molar-refractivity contribution < 1.29 is 45.3 Å². The number of carbonyl (C=O) groups is 1. The lowest BCUT2D eigenvalue weighted by Crippen LogP contribution is -2.42. The Morgan fingerprint density at radius 2 is 1.62 bits per heavy atom. The molecule has 9 nitrogen and oxygen atoms in total. The number of aliphatic hydroxyl groups is 3. The van der Waals surface area contributed by atoms with Crippen LogP contribution < -0.4 is 4.74 Å². The lowest BCUT2D eigenvalue weighted by molar-refractivity contribution is -0.0796. The summed E-state index contributed by atoms with van der Waals surface area (Å²) < 4.78 is 6.01. The monoisotopic (exact) mass is 476 g/mol. The zero-order valence-electron chi connectivity index (χ0n) is 19.6. The number of benzene rings is 2. The van der Waals surface area contributed by atoms with Crippen LogP contribution in [0.15, 0.2) is 24.3 Å². The van der Waals surface area contributed by atoms with Gasteiger partial charge in [-0.25, -0.2) is 0 Å². The van der Waals surface area contributed by atoms with Crippen LogP contribution in [0, 0.1) is 5.92 Å². The Morgan fingerprint density at radius 1 is 0.971 bits per heavy atom. The summed E-state index contributed by atoms with van der Waals surface area (Å²) in [6, 6.07) is 4.89. The van der Waals surface area contributed by atoms with E-state index in [4.69, 9.17) is 4.74 Å². The van der Waals surface area contributed by atoms with Crippen molar-refractivity contribution in [3.05, 3.63) is 41.0 Å². The van der Waals surface area contributed by atoms with Gasteiger partial charge in [-0.3, -0.25) is 4.79 Å². The van der Waals surface area contributed by atoms with Crippen molar-refractivity contribution in [3.63, 3.8) is 0 Å².